The molecule has 0 spiro atoms. The Balaban J connectivity index is 2.08. The standard InChI is InChI=1S/C19H21N3OS/c1-19(2,3)24(23)20-13-14-9-5-6-10-15(14)18-16-11-7-8-12-17(16)22(4)21-18/h5-13H,1-4H3/t24-/m0/s1. The van der Waals surface area contributed by atoms with E-state index in [0.29, 0.717) is 0 Å². The van der Waals surface area contributed by atoms with E-state index in [0.717, 1.165) is 27.7 Å². The predicted molar refractivity (Wildman–Crippen MR) is 102 cm³/mol. The first-order valence-electron chi connectivity index (χ1n) is 7.85. The smallest absolute Gasteiger partial charge is 0.144 e. The minimum absolute atomic E-state index is 0.372. The van der Waals surface area contributed by atoms with Gasteiger partial charge in [0, 0.05) is 23.6 Å². The Morgan fingerprint density at radius 3 is 2.50 bits per heavy atom. The lowest BCUT2D eigenvalue weighted by Gasteiger charge is -2.17. The first-order valence-corrected chi connectivity index (χ1v) is 8.96. The van der Waals surface area contributed by atoms with Crippen molar-refractivity contribution in [3.63, 3.8) is 0 Å². The largest absolute Gasteiger partial charge is 0.591 e. The SMILES string of the molecule is Cn1nc(-c2ccccc2C=N[S@@+]([O-])C(C)(C)C)c2ccccc21. The molecule has 0 N–H and O–H groups in total. The van der Waals surface area contributed by atoms with Crippen LogP contribution in [0.4, 0.5) is 0 Å². The van der Waals surface area contributed by atoms with E-state index in [1.165, 1.54) is 0 Å². The first-order chi connectivity index (χ1) is 11.4. The lowest BCUT2D eigenvalue weighted by molar-refractivity contribution is 0.562. The Kier molecular flexibility index (Phi) is 4.47. The molecule has 1 atom stereocenters. The Morgan fingerprint density at radius 2 is 1.75 bits per heavy atom. The van der Waals surface area contributed by atoms with Crippen LogP contribution in [-0.2, 0) is 18.4 Å². The Hall–Kier alpha value is -2.11. The first kappa shape index (κ1) is 16.7. The molecule has 1 aromatic heterocycles. The number of para-hydroxylation sites is 1. The molecule has 0 bridgehead atoms. The summed E-state index contributed by atoms with van der Waals surface area (Å²) in [6.45, 7) is 5.75. The monoisotopic (exact) mass is 339 g/mol. The van der Waals surface area contributed by atoms with E-state index in [1.807, 2.05) is 68.9 Å². The summed E-state index contributed by atoms with van der Waals surface area (Å²) in [5.74, 6) is 0. The molecule has 0 saturated carbocycles. The fraction of sp³-hybridized carbons (Fsp3) is 0.263. The highest BCUT2D eigenvalue weighted by Gasteiger charge is 2.26. The van der Waals surface area contributed by atoms with Gasteiger partial charge in [-0.1, -0.05) is 46.9 Å². The number of hydrogen-bond acceptors (Lipinski definition) is 3. The quantitative estimate of drug-likeness (QED) is 0.532. The van der Waals surface area contributed by atoms with E-state index < -0.39 is 11.4 Å². The Bertz CT molecular complexity index is 893. The molecule has 124 valence electrons. The van der Waals surface area contributed by atoms with Gasteiger partial charge < -0.3 is 4.55 Å². The molecule has 2 aromatic carbocycles. The molecule has 0 aliphatic rings. The van der Waals surface area contributed by atoms with E-state index in [2.05, 4.69) is 21.6 Å². The highest BCUT2D eigenvalue weighted by Crippen LogP contribution is 2.29. The van der Waals surface area contributed by atoms with Crippen molar-refractivity contribution in [2.24, 2.45) is 11.4 Å². The van der Waals surface area contributed by atoms with E-state index in [4.69, 9.17) is 0 Å². The number of benzene rings is 2. The molecule has 3 rings (SSSR count). The number of fused-ring (bicyclic) bond motifs is 1. The van der Waals surface area contributed by atoms with Gasteiger partial charge >= 0.3 is 0 Å². The molecule has 0 amide bonds. The minimum Gasteiger partial charge on any atom is -0.591 e. The average Bonchev–Trinajstić information content (AvgIpc) is 2.89. The zero-order valence-corrected chi connectivity index (χ0v) is 15.2. The van der Waals surface area contributed by atoms with Gasteiger partial charge in [-0.25, -0.2) is 0 Å². The lowest BCUT2D eigenvalue weighted by atomic mass is 10.0. The molecular formula is C19H21N3OS. The van der Waals surface area contributed by atoms with Crippen LogP contribution in [0.15, 0.2) is 52.9 Å². The number of aromatic nitrogens is 2. The third kappa shape index (κ3) is 3.23. The van der Waals surface area contributed by atoms with Crippen LogP contribution in [0, 0.1) is 0 Å². The van der Waals surface area contributed by atoms with Crippen molar-refractivity contribution in [2.75, 3.05) is 0 Å². The highest BCUT2D eigenvalue weighted by molar-refractivity contribution is 7.91. The van der Waals surface area contributed by atoms with Crippen LogP contribution in [0.2, 0.25) is 0 Å². The Labute approximate surface area is 145 Å². The zero-order chi connectivity index (χ0) is 17.3. The van der Waals surface area contributed by atoms with Crippen molar-refractivity contribution in [3.05, 3.63) is 54.1 Å². The van der Waals surface area contributed by atoms with Gasteiger partial charge in [0.2, 0.25) is 0 Å². The summed E-state index contributed by atoms with van der Waals surface area (Å²) in [6, 6.07) is 16.1. The van der Waals surface area contributed by atoms with Crippen LogP contribution in [0.25, 0.3) is 22.2 Å². The van der Waals surface area contributed by atoms with Gasteiger partial charge in [0.1, 0.15) is 21.8 Å². The highest BCUT2D eigenvalue weighted by atomic mass is 32.2. The summed E-state index contributed by atoms with van der Waals surface area (Å²) in [6.07, 6.45) is 1.69. The van der Waals surface area contributed by atoms with Crippen LogP contribution in [0.1, 0.15) is 26.3 Å². The molecule has 1 heterocycles. The van der Waals surface area contributed by atoms with E-state index in [1.54, 1.807) is 6.21 Å². The van der Waals surface area contributed by atoms with Crippen LogP contribution >= 0.6 is 0 Å². The summed E-state index contributed by atoms with van der Waals surface area (Å²) in [5, 5.41) is 5.77. The van der Waals surface area contributed by atoms with Gasteiger partial charge in [-0.15, -0.1) is 0 Å². The summed E-state index contributed by atoms with van der Waals surface area (Å²) >= 11 is -1.28. The molecule has 4 nitrogen and oxygen atoms in total. The number of aryl methyl sites for hydroxylation is 1. The van der Waals surface area contributed by atoms with Crippen LogP contribution in [0.3, 0.4) is 0 Å². The molecule has 5 heteroatoms. The Morgan fingerprint density at radius 1 is 1.08 bits per heavy atom. The normalized spacial score (nSPS) is 13.7. The molecule has 0 fully saturated rings. The predicted octanol–water partition coefficient (Wildman–Crippen LogP) is 4.12. The second-order valence-corrected chi connectivity index (χ2v) is 8.61. The third-order valence-electron chi connectivity index (χ3n) is 3.79. The van der Waals surface area contributed by atoms with Gasteiger partial charge in [-0.3, -0.25) is 4.68 Å². The molecule has 0 radical (unpaired) electrons. The summed E-state index contributed by atoms with van der Waals surface area (Å²) in [5.41, 5.74) is 3.90. The van der Waals surface area contributed by atoms with Crippen molar-refractivity contribution < 1.29 is 4.55 Å². The van der Waals surface area contributed by atoms with Gasteiger partial charge in [0.05, 0.1) is 11.7 Å². The van der Waals surface area contributed by atoms with Crippen LogP contribution in [-0.4, -0.2) is 25.3 Å². The van der Waals surface area contributed by atoms with E-state index in [9.17, 15) is 4.55 Å². The summed E-state index contributed by atoms with van der Waals surface area (Å²) in [4.78, 5) is 0. The molecule has 24 heavy (non-hydrogen) atoms. The maximum atomic E-state index is 12.2. The van der Waals surface area contributed by atoms with Crippen molar-refractivity contribution in [1.29, 1.82) is 0 Å². The van der Waals surface area contributed by atoms with E-state index in [-0.39, 0.29) is 4.75 Å². The number of nitrogens with zero attached hydrogens (tertiary/aromatic N) is 3. The van der Waals surface area contributed by atoms with Crippen molar-refractivity contribution in [2.45, 2.75) is 25.5 Å². The lowest BCUT2D eigenvalue weighted by Crippen LogP contribution is -2.25. The summed E-state index contributed by atoms with van der Waals surface area (Å²) in [7, 11) is 1.94. The second-order valence-electron chi connectivity index (χ2n) is 6.67. The maximum Gasteiger partial charge on any atom is 0.144 e. The van der Waals surface area contributed by atoms with Gasteiger partial charge in [-0.2, -0.15) is 5.10 Å². The topological polar surface area (TPSA) is 53.2 Å². The van der Waals surface area contributed by atoms with Crippen molar-refractivity contribution in [1.82, 2.24) is 9.78 Å². The maximum absolute atomic E-state index is 12.2. The average molecular weight is 339 g/mol. The van der Waals surface area contributed by atoms with Gasteiger partial charge in [-0.05, 0) is 26.8 Å². The molecule has 3 aromatic rings. The minimum atomic E-state index is -1.28. The molecule has 0 unspecified atom stereocenters. The molecule has 0 aliphatic carbocycles. The number of rotatable bonds is 3. The van der Waals surface area contributed by atoms with Gasteiger partial charge in [0.15, 0.2) is 0 Å². The molecule has 0 aliphatic heterocycles. The fourth-order valence-electron chi connectivity index (χ4n) is 2.50. The van der Waals surface area contributed by atoms with E-state index >= 15 is 0 Å². The molecule has 0 saturated heterocycles. The number of hydrogen-bond donors (Lipinski definition) is 0. The van der Waals surface area contributed by atoms with Crippen molar-refractivity contribution in [3.8, 4) is 11.3 Å². The second kappa shape index (κ2) is 6.42. The van der Waals surface area contributed by atoms with Crippen LogP contribution in [0.5, 0.6) is 0 Å². The van der Waals surface area contributed by atoms with Crippen molar-refractivity contribution >= 4 is 28.5 Å². The zero-order valence-electron chi connectivity index (χ0n) is 14.4. The fourth-order valence-corrected chi connectivity index (χ4v) is 3.03. The van der Waals surface area contributed by atoms with Crippen LogP contribution < -0.4 is 0 Å². The summed E-state index contributed by atoms with van der Waals surface area (Å²) < 4.78 is 18.0. The third-order valence-corrected chi connectivity index (χ3v) is 5.13. The molecular weight excluding hydrogens is 318 g/mol. The van der Waals surface area contributed by atoms with Gasteiger partial charge in [0.25, 0.3) is 0 Å².